The topological polar surface area (TPSA) is 52.6 Å². The van der Waals surface area contributed by atoms with E-state index in [1.54, 1.807) is 12.1 Å². The summed E-state index contributed by atoms with van der Waals surface area (Å²) in [6, 6.07) is 7.19. The minimum atomic E-state index is -0.0319. The molecule has 4 nitrogen and oxygen atoms in total. The quantitative estimate of drug-likeness (QED) is 0.853. The molecule has 0 aliphatic carbocycles. The second kappa shape index (κ2) is 6.18. The summed E-state index contributed by atoms with van der Waals surface area (Å²) in [5, 5.41) is 12.2. The predicted molar refractivity (Wildman–Crippen MR) is 71.7 cm³/mol. The molecule has 1 aliphatic heterocycles. The fourth-order valence-electron chi connectivity index (χ4n) is 2.01. The molecule has 1 heterocycles. The molecule has 0 bridgehead atoms. The summed E-state index contributed by atoms with van der Waals surface area (Å²) in [6.45, 7) is 2.74. The van der Waals surface area contributed by atoms with E-state index < -0.39 is 0 Å². The van der Waals surface area contributed by atoms with Crippen molar-refractivity contribution in [3.8, 4) is 0 Å². The van der Waals surface area contributed by atoms with Gasteiger partial charge in [0.2, 0.25) is 5.91 Å². The Morgan fingerprint density at radius 3 is 2.83 bits per heavy atom. The first-order valence-electron chi connectivity index (χ1n) is 6.06. The molecule has 0 unspecified atom stereocenters. The third kappa shape index (κ3) is 3.45. The fourth-order valence-corrected chi connectivity index (χ4v) is 2.19. The average Bonchev–Trinajstić information content (AvgIpc) is 2.30. The molecule has 1 aliphatic rings. The summed E-state index contributed by atoms with van der Waals surface area (Å²) >= 11 is 5.95. The molecule has 0 aromatic heterocycles. The lowest BCUT2D eigenvalue weighted by atomic mass is 10.0. The Kier molecular flexibility index (Phi) is 4.58. The number of carbonyl (C=O) groups is 1. The molecule has 1 aromatic rings. The van der Waals surface area contributed by atoms with E-state index in [-0.39, 0.29) is 12.5 Å². The van der Waals surface area contributed by atoms with E-state index in [0.717, 1.165) is 19.6 Å². The van der Waals surface area contributed by atoms with Crippen molar-refractivity contribution >= 4 is 23.2 Å². The summed E-state index contributed by atoms with van der Waals surface area (Å²) in [6.07, 6.45) is 0.448. The number of benzene rings is 1. The average molecular weight is 269 g/mol. The van der Waals surface area contributed by atoms with Crippen LogP contribution < -0.4 is 5.32 Å². The highest BCUT2D eigenvalue weighted by molar-refractivity contribution is 6.33. The van der Waals surface area contributed by atoms with Gasteiger partial charge in [0, 0.05) is 38.6 Å². The van der Waals surface area contributed by atoms with E-state index in [1.807, 2.05) is 12.1 Å². The van der Waals surface area contributed by atoms with Crippen molar-refractivity contribution in [3.05, 3.63) is 29.3 Å². The number of para-hydroxylation sites is 1. The van der Waals surface area contributed by atoms with Crippen LogP contribution in [0.5, 0.6) is 0 Å². The highest BCUT2D eigenvalue weighted by Gasteiger charge is 2.25. The Morgan fingerprint density at radius 1 is 1.44 bits per heavy atom. The van der Waals surface area contributed by atoms with E-state index in [0.29, 0.717) is 23.0 Å². The van der Waals surface area contributed by atoms with Gasteiger partial charge in [-0.2, -0.15) is 0 Å². The second-order valence-electron chi connectivity index (χ2n) is 4.59. The van der Waals surface area contributed by atoms with Gasteiger partial charge in [-0.15, -0.1) is 0 Å². The highest BCUT2D eigenvalue weighted by Crippen LogP contribution is 2.20. The number of nitrogens with zero attached hydrogens (tertiary/aromatic N) is 1. The summed E-state index contributed by atoms with van der Waals surface area (Å²) in [4.78, 5) is 13.9. The summed E-state index contributed by atoms with van der Waals surface area (Å²) in [5.74, 6) is 0.354. The summed E-state index contributed by atoms with van der Waals surface area (Å²) in [5.41, 5.74) is 0.654. The first kappa shape index (κ1) is 13.3. The monoisotopic (exact) mass is 268 g/mol. The largest absolute Gasteiger partial charge is 0.396 e. The Morgan fingerprint density at radius 2 is 2.17 bits per heavy atom. The van der Waals surface area contributed by atoms with Gasteiger partial charge in [0.05, 0.1) is 10.7 Å². The van der Waals surface area contributed by atoms with Gasteiger partial charge in [0.1, 0.15) is 0 Å². The molecule has 5 heteroatoms. The Bertz CT molecular complexity index is 419. The van der Waals surface area contributed by atoms with Crippen LogP contribution >= 0.6 is 11.6 Å². The lowest BCUT2D eigenvalue weighted by Gasteiger charge is -2.38. The molecular formula is C13H17ClN2O2. The van der Waals surface area contributed by atoms with Crippen molar-refractivity contribution in [2.24, 2.45) is 5.92 Å². The maximum Gasteiger partial charge on any atom is 0.225 e. The zero-order chi connectivity index (χ0) is 13.0. The van der Waals surface area contributed by atoms with Gasteiger partial charge in [0.25, 0.3) is 0 Å². The third-order valence-electron chi connectivity index (χ3n) is 3.09. The van der Waals surface area contributed by atoms with Gasteiger partial charge in [-0.25, -0.2) is 0 Å². The van der Waals surface area contributed by atoms with Gasteiger partial charge in [-0.05, 0) is 12.1 Å². The molecule has 2 N–H and O–H groups in total. The molecule has 0 radical (unpaired) electrons. The second-order valence-corrected chi connectivity index (χ2v) is 4.99. The molecule has 1 amide bonds. The predicted octanol–water partition coefficient (Wildman–Crippen LogP) is 1.59. The number of carbonyl (C=O) groups excluding carboxylic acids is 1. The Balaban J connectivity index is 1.71. The number of amides is 1. The van der Waals surface area contributed by atoms with Crippen LogP contribution in [-0.4, -0.2) is 42.2 Å². The minimum Gasteiger partial charge on any atom is -0.396 e. The first-order valence-corrected chi connectivity index (χ1v) is 6.44. The van der Waals surface area contributed by atoms with Crippen LogP contribution in [0.3, 0.4) is 0 Å². The zero-order valence-corrected chi connectivity index (χ0v) is 10.9. The fraction of sp³-hybridized carbons (Fsp3) is 0.462. The molecule has 0 spiro atoms. The number of hydrogen-bond donors (Lipinski definition) is 2. The molecule has 1 aromatic carbocycles. The number of nitrogens with one attached hydrogen (secondary N) is 1. The van der Waals surface area contributed by atoms with Crippen molar-refractivity contribution in [2.75, 3.05) is 31.6 Å². The molecule has 2 rings (SSSR count). The normalized spacial score (nSPS) is 16.3. The molecule has 1 saturated heterocycles. The maximum atomic E-state index is 11.7. The van der Waals surface area contributed by atoms with Gasteiger partial charge in [-0.3, -0.25) is 4.79 Å². The van der Waals surface area contributed by atoms with Crippen LogP contribution in [0.1, 0.15) is 6.42 Å². The molecule has 1 fully saturated rings. The smallest absolute Gasteiger partial charge is 0.225 e. The summed E-state index contributed by atoms with van der Waals surface area (Å²) < 4.78 is 0. The number of halogens is 1. The van der Waals surface area contributed by atoms with Gasteiger partial charge >= 0.3 is 0 Å². The van der Waals surface area contributed by atoms with Crippen LogP contribution in [-0.2, 0) is 4.79 Å². The van der Waals surface area contributed by atoms with Gasteiger partial charge in [-0.1, -0.05) is 23.7 Å². The van der Waals surface area contributed by atoms with E-state index in [2.05, 4.69) is 10.2 Å². The van der Waals surface area contributed by atoms with Crippen LogP contribution in [0.4, 0.5) is 5.69 Å². The lowest BCUT2D eigenvalue weighted by Crippen LogP contribution is -2.49. The molecule has 18 heavy (non-hydrogen) atoms. The van der Waals surface area contributed by atoms with Crippen LogP contribution in [0.15, 0.2) is 24.3 Å². The van der Waals surface area contributed by atoms with Gasteiger partial charge in [0.15, 0.2) is 0 Å². The van der Waals surface area contributed by atoms with Crippen molar-refractivity contribution in [1.29, 1.82) is 0 Å². The minimum absolute atomic E-state index is 0.0319. The van der Waals surface area contributed by atoms with Crippen LogP contribution in [0.2, 0.25) is 5.02 Å². The standard InChI is InChI=1S/C13H17ClN2O2/c14-11-3-1-2-4-12(11)15-13(18)5-6-16-7-10(8-16)9-17/h1-4,10,17H,5-9H2,(H,15,18). The lowest BCUT2D eigenvalue weighted by molar-refractivity contribution is -0.116. The molecular weight excluding hydrogens is 252 g/mol. The van der Waals surface area contributed by atoms with E-state index in [9.17, 15) is 4.79 Å². The Hall–Kier alpha value is -1.10. The molecule has 0 atom stereocenters. The van der Waals surface area contributed by atoms with Crippen molar-refractivity contribution in [3.63, 3.8) is 0 Å². The zero-order valence-electron chi connectivity index (χ0n) is 10.1. The van der Waals surface area contributed by atoms with Crippen molar-refractivity contribution < 1.29 is 9.90 Å². The molecule has 0 saturated carbocycles. The number of hydrogen-bond acceptors (Lipinski definition) is 3. The summed E-state index contributed by atoms with van der Waals surface area (Å²) in [7, 11) is 0. The van der Waals surface area contributed by atoms with Gasteiger partial charge < -0.3 is 15.3 Å². The van der Waals surface area contributed by atoms with E-state index in [4.69, 9.17) is 16.7 Å². The van der Waals surface area contributed by atoms with Crippen molar-refractivity contribution in [2.45, 2.75) is 6.42 Å². The first-order chi connectivity index (χ1) is 8.69. The van der Waals surface area contributed by atoms with E-state index >= 15 is 0 Å². The number of rotatable bonds is 5. The maximum absolute atomic E-state index is 11.7. The molecule has 98 valence electrons. The highest BCUT2D eigenvalue weighted by atomic mass is 35.5. The number of anilines is 1. The SMILES string of the molecule is O=C(CCN1CC(CO)C1)Nc1ccccc1Cl. The number of aliphatic hydroxyl groups is 1. The van der Waals surface area contributed by atoms with Crippen molar-refractivity contribution in [1.82, 2.24) is 4.90 Å². The van der Waals surface area contributed by atoms with Crippen LogP contribution in [0, 0.1) is 5.92 Å². The van der Waals surface area contributed by atoms with E-state index in [1.165, 1.54) is 0 Å². The van der Waals surface area contributed by atoms with Crippen LogP contribution in [0.25, 0.3) is 0 Å². The Labute approximate surface area is 112 Å². The number of aliphatic hydroxyl groups excluding tert-OH is 1. The third-order valence-corrected chi connectivity index (χ3v) is 3.42. The number of likely N-dealkylation sites (tertiary alicyclic amines) is 1.